The van der Waals surface area contributed by atoms with Crippen molar-refractivity contribution in [1.82, 2.24) is 5.32 Å². The Kier molecular flexibility index (Phi) is 1.66. The Morgan fingerprint density at radius 3 is 2.70 bits per heavy atom. The van der Waals surface area contributed by atoms with E-state index >= 15 is 0 Å². The predicted octanol–water partition coefficient (Wildman–Crippen LogP) is 0.919. The third kappa shape index (κ3) is 1.06. The number of hydrogen-bond donors (Lipinski definition) is 1. The molecule has 2 heteroatoms. The molecular weight excluding hydrogens is 126 g/mol. The van der Waals surface area contributed by atoms with Gasteiger partial charge in [0.15, 0.2) is 0 Å². The SMILES string of the molecule is C1CCOC2(CC1)CNC2. The average Bonchev–Trinajstić information content (AvgIpc) is 2.08. The van der Waals surface area contributed by atoms with Crippen LogP contribution in [0.5, 0.6) is 0 Å². The molecule has 58 valence electrons. The Morgan fingerprint density at radius 1 is 1.10 bits per heavy atom. The maximum atomic E-state index is 5.76. The van der Waals surface area contributed by atoms with Crippen molar-refractivity contribution in [2.45, 2.75) is 31.3 Å². The lowest BCUT2D eigenvalue weighted by molar-refractivity contribution is -0.0777. The van der Waals surface area contributed by atoms with E-state index in [0.717, 1.165) is 19.7 Å². The highest BCUT2D eigenvalue weighted by Gasteiger charge is 2.37. The Bertz CT molecular complexity index is 110. The van der Waals surface area contributed by atoms with Gasteiger partial charge in [-0.1, -0.05) is 12.8 Å². The molecular formula is C8H15NO. The molecule has 0 aromatic carbocycles. The molecule has 2 heterocycles. The minimum atomic E-state index is 0.274. The second kappa shape index (κ2) is 2.51. The molecule has 2 rings (SSSR count). The lowest BCUT2D eigenvalue weighted by atomic mass is 9.91. The molecule has 0 bridgehead atoms. The summed E-state index contributed by atoms with van der Waals surface area (Å²) in [6.07, 6.45) is 5.27. The highest BCUT2D eigenvalue weighted by atomic mass is 16.5. The van der Waals surface area contributed by atoms with Gasteiger partial charge in [-0.05, 0) is 12.8 Å². The molecule has 1 N–H and O–H groups in total. The van der Waals surface area contributed by atoms with Crippen LogP contribution in [-0.2, 0) is 4.74 Å². The lowest BCUT2D eigenvalue weighted by Gasteiger charge is -2.41. The van der Waals surface area contributed by atoms with Crippen molar-refractivity contribution >= 4 is 0 Å². The van der Waals surface area contributed by atoms with Crippen LogP contribution in [0.15, 0.2) is 0 Å². The van der Waals surface area contributed by atoms with Crippen LogP contribution in [0.2, 0.25) is 0 Å². The number of nitrogens with one attached hydrogen (secondary N) is 1. The van der Waals surface area contributed by atoms with Crippen LogP contribution in [0.1, 0.15) is 25.7 Å². The predicted molar refractivity (Wildman–Crippen MR) is 40.0 cm³/mol. The zero-order valence-corrected chi connectivity index (χ0v) is 6.36. The topological polar surface area (TPSA) is 21.3 Å². The summed E-state index contributed by atoms with van der Waals surface area (Å²) in [6, 6.07) is 0. The van der Waals surface area contributed by atoms with Crippen molar-refractivity contribution in [2.75, 3.05) is 19.7 Å². The zero-order valence-electron chi connectivity index (χ0n) is 6.36. The van der Waals surface area contributed by atoms with E-state index in [2.05, 4.69) is 5.32 Å². The standard InChI is InChI=1S/C8H15NO/c1-2-4-8(6-9-7-8)10-5-3-1/h9H,1-7H2. The third-order valence-electron chi connectivity index (χ3n) is 2.58. The Hall–Kier alpha value is -0.0800. The molecule has 0 saturated carbocycles. The first-order chi connectivity index (χ1) is 4.91. The molecule has 2 nitrogen and oxygen atoms in total. The summed E-state index contributed by atoms with van der Waals surface area (Å²) >= 11 is 0. The van der Waals surface area contributed by atoms with Crippen LogP contribution < -0.4 is 5.32 Å². The molecule has 2 aliphatic rings. The van der Waals surface area contributed by atoms with Gasteiger partial charge in [0.2, 0.25) is 0 Å². The summed E-state index contributed by atoms with van der Waals surface area (Å²) < 4.78 is 5.76. The lowest BCUT2D eigenvalue weighted by Crippen LogP contribution is -2.60. The van der Waals surface area contributed by atoms with E-state index in [1.165, 1.54) is 25.7 Å². The first-order valence-corrected chi connectivity index (χ1v) is 4.26. The smallest absolute Gasteiger partial charge is 0.0929 e. The summed E-state index contributed by atoms with van der Waals surface area (Å²) in [5, 5.41) is 3.27. The Labute approximate surface area is 61.9 Å². The highest BCUT2D eigenvalue weighted by molar-refractivity contribution is 4.95. The summed E-state index contributed by atoms with van der Waals surface area (Å²) in [5.41, 5.74) is 0.274. The summed E-state index contributed by atoms with van der Waals surface area (Å²) in [6.45, 7) is 3.17. The summed E-state index contributed by atoms with van der Waals surface area (Å²) in [7, 11) is 0. The van der Waals surface area contributed by atoms with E-state index < -0.39 is 0 Å². The molecule has 0 aromatic heterocycles. The van der Waals surface area contributed by atoms with Crippen molar-refractivity contribution in [2.24, 2.45) is 0 Å². The van der Waals surface area contributed by atoms with Gasteiger partial charge in [-0.3, -0.25) is 0 Å². The number of rotatable bonds is 0. The maximum Gasteiger partial charge on any atom is 0.0929 e. The maximum absolute atomic E-state index is 5.76. The van der Waals surface area contributed by atoms with Crippen molar-refractivity contribution in [3.8, 4) is 0 Å². The van der Waals surface area contributed by atoms with E-state index in [1.54, 1.807) is 0 Å². The van der Waals surface area contributed by atoms with Crippen molar-refractivity contribution in [3.63, 3.8) is 0 Å². The molecule has 10 heavy (non-hydrogen) atoms. The molecule has 0 atom stereocenters. The van der Waals surface area contributed by atoms with Gasteiger partial charge < -0.3 is 10.1 Å². The zero-order chi connectivity index (χ0) is 6.86. The van der Waals surface area contributed by atoms with E-state index in [0.29, 0.717) is 0 Å². The minimum absolute atomic E-state index is 0.274. The number of hydrogen-bond acceptors (Lipinski definition) is 2. The fraction of sp³-hybridized carbons (Fsp3) is 1.00. The third-order valence-corrected chi connectivity index (χ3v) is 2.58. The molecule has 1 spiro atoms. The van der Waals surface area contributed by atoms with Crippen molar-refractivity contribution in [1.29, 1.82) is 0 Å². The summed E-state index contributed by atoms with van der Waals surface area (Å²) in [5.74, 6) is 0. The minimum Gasteiger partial charge on any atom is -0.372 e. The van der Waals surface area contributed by atoms with Crippen LogP contribution in [0.4, 0.5) is 0 Å². The number of ether oxygens (including phenoxy) is 1. The van der Waals surface area contributed by atoms with Crippen LogP contribution in [-0.4, -0.2) is 25.3 Å². The second-order valence-electron chi connectivity index (χ2n) is 3.45. The quantitative estimate of drug-likeness (QED) is 0.541. The molecule has 2 saturated heterocycles. The molecule has 0 radical (unpaired) electrons. The monoisotopic (exact) mass is 141 g/mol. The van der Waals surface area contributed by atoms with Gasteiger partial charge in [-0.15, -0.1) is 0 Å². The Balaban J connectivity index is 1.92. The van der Waals surface area contributed by atoms with E-state index in [1.807, 2.05) is 0 Å². The van der Waals surface area contributed by atoms with Gasteiger partial charge in [0.05, 0.1) is 5.60 Å². The van der Waals surface area contributed by atoms with Gasteiger partial charge in [0.25, 0.3) is 0 Å². The van der Waals surface area contributed by atoms with Gasteiger partial charge in [0.1, 0.15) is 0 Å². The fourth-order valence-electron chi connectivity index (χ4n) is 1.77. The Morgan fingerprint density at radius 2 is 2.00 bits per heavy atom. The molecule has 0 aromatic rings. The first-order valence-electron chi connectivity index (χ1n) is 4.26. The normalized spacial score (nSPS) is 31.2. The molecule has 0 amide bonds. The highest BCUT2D eigenvalue weighted by Crippen LogP contribution is 2.27. The van der Waals surface area contributed by atoms with Gasteiger partial charge in [-0.25, -0.2) is 0 Å². The fourth-order valence-corrected chi connectivity index (χ4v) is 1.77. The van der Waals surface area contributed by atoms with Crippen LogP contribution in [0.25, 0.3) is 0 Å². The largest absolute Gasteiger partial charge is 0.372 e. The van der Waals surface area contributed by atoms with Crippen molar-refractivity contribution < 1.29 is 4.74 Å². The van der Waals surface area contributed by atoms with Crippen LogP contribution in [0, 0.1) is 0 Å². The van der Waals surface area contributed by atoms with Crippen molar-refractivity contribution in [3.05, 3.63) is 0 Å². The summed E-state index contributed by atoms with van der Waals surface area (Å²) in [4.78, 5) is 0. The van der Waals surface area contributed by atoms with E-state index in [9.17, 15) is 0 Å². The van der Waals surface area contributed by atoms with E-state index in [-0.39, 0.29) is 5.60 Å². The van der Waals surface area contributed by atoms with Crippen LogP contribution in [0.3, 0.4) is 0 Å². The molecule has 0 aliphatic carbocycles. The van der Waals surface area contributed by atoms with Gasteiger partial charge in [0, 0.05) is 19.7 Å². The van der Waals surface area contributed by atoms with E-state index in [4.69, 9.17) is 4.74 Å². The molecule has 2 aliphatic heterocycles. The van der Waals surface area contributed by atoms with Gasteiger partial charge in [-0.2, -0.15) is 0 Å². The van der Waals surface area contributed by atoms with Crippen LogP contribution >= 0.6 is 0 Å². The molecule has 2 fully saturated rings. The molecule has 0 unspecified atom stereocenters. The first kappa shape index (κ1) is 6.62. The second-order valence-corrected chi connectivity index (χ2v) is 3.45. The average molecular weight is 141 g/mol. The van der Waals surface area contributed by atoms with Gasteiger partial charge >= 0.3 is 0 Å².